The first-order chi connectivity index (χ1) is 13.4. The molecule has 0 heterocycles. The van der Waals surface area contributed by atoms with E-state index in [0.29, 0.717) is 11.1 Å². The van der Waals surface area contributed by atoms with E-state index in [1.165, 1.54) is 36.6 Å². The molecule has 0 aliphatic rings. The van der Waals surface area contributed by atoms with E-state index < -0.39 is 22.4 Å². The number of nitro benzene ring substituents is 2. The first-order valence-electron chi connectivity index (χ1n) is 7.97. The number of ether oxygens (including phenoxy) is 1. The van der Waals surface area contributed by atoms with Gasteiger partial charge < -0.3 is 4.74 Å². The van der Waals surface area contributed by atoms with E-state index in [2.05, 4.69) is 10.5 Å². The number of benzene rings is 2. The van der Waals surface area contributed by atoms with Crippen LogP contribution in [-0.4, -0.2) is 28.6 Å². The summed E-state index contributed by atoms with van der Waals surface area (Å²) in [5.74, 6) is -0.616. The molecule has 2 aromatic carbocycles. The zero-order chi connectivity index (χ0) is 20.5. The van der Waals surface area contributed by atoms with Crippen molar-refractivity contribution in [3.63, 3.8) is 0 Å². The molecule has 0 saturated carbocycles. The molecule has 0 unspecified atom stereocenters. The van der Waals surface area contributed by atoms with E-state index in [1.54, 1.807) is 31.2 Å². The number of carbonyl (C=O) groups is 1. The summed E-state index contributed by atoms with van der Waals surface area (Å²) in [5, 5.41) is 25.4. The molecule has 0 spiro atoms. The van der Waals surface area contributed by atoms with Gasteiger partial charge in [0, 0.05) is 24.4 Å². The standard InChI is InChI=1S/C18H16N4O6/c1-13-7-8-17(16(10-13)22(26)27)28-12-18(23)20-19-9-3-5-14-4-2-6-15(11-14)21(24)25/h2-11H,12H2,1H3,(H,20,23)/b5-3+,19-9+. The summed E-state index contributed by atoms with van der Waals surface area (Å²) in [5.41, 5.74) is 3.24. The van der Waals surface area contributed by atoms with Gasteiger partial charge in [-0.25, -0.2) is 5.43 Å². The molecule has 0 bridgehead atoms. The van der Waals surface area contributed by atoms with Gasteiger partial charge in [0.25, 0.3) is 11.6 Å². The fourth-order valence-electron chi connectivity index (χ4n) is 2.12. The maximum atomic E-state index is 11.7. The highest BCUT2D eigenvalue weighted by molar-refractivity contribution is 5.82. The third-order valence-corrected chi connectivity index (χ3v) is 3.39. The summed E-state index contributed by atoms with van der Waals surface area (Å²) < 4.78 is 5.17. The van der Waals surface area contributed by atoms with Gasteiger partial charge in [-0.1, -0.05) is 24.3 Å². The number of nitro groups is 2. The summed E-state index contributed by atoms with van der Waals surface area (Å²) in [6.07, 6.45) is 4.35. The second-order valence-corrected chi connectivity index (χ2v) is 5.54. The summed E-state index contributed by atoms with van der Waals surface area (Å²) >= 11 is 0. The van der Waals surface area contributed by atoms with Crippen molar-refractivity contribution in [3.05, 3.63) is 79.9 Å². The zero-order valence-corrected chi connectivity index (χ0v) is 14.8. The smallest absolute Gasteiger partial charge is 0.311 e. The van der Waals surface area contributed by atoms with Gasteiger partial charge in [-0.05, 0) is 30.2 Å². The average molecular weight is 384 g/mol. The van der Waals surface area contributed by atoms with Crippen LogP contribution in [0.3, 0.4) is 0 Å². The SMILES string of the molecule is Cc1ccc(OCC(=O)N/N=C/C=C/c2cccc([N+](=O)[O-])c2)c([N+](=O)[O-])c1. The Kier molecular flexibility index (Phi) is 6.92. The predicted molar refractivity (Wildman–Crippen MR) is 102 cm³/mol. The number of aryl methyl sites for hydroxylation is 1. The van der Waals surface area contributed by atoms with Crippen LogP contribution in [-0.2, 0) is 4.79 Å². The lowest BCUT2D eigenvalue weighted by molar-refractivity contribution is -0.385. The van der Waals surface area contributed by atoms with Gasteiger partial charge in [0.2, 0.25) is 0 Å². The van der Waals surface area contributed by atoms with Crippen LogP contribution in [0.1, 0.15) is 11.1 Å². The number of nitrogens with zero attached hydrogens (tertiary/aromatic N) is 3. The lowest BCUT2D eigenvalue weighted by Crippen LogP contribution is -2.24. The van der Waals surface area contributed by atoms with Crippen molar-refractivity contribution < 1.29 is 19.4 Å². The molecule has 2 rings (SSSR count). The van der Waals surface area contributed by atoms with Crippen LogP contribution in [0.4, 0.5) is 11.4 Å². The van der Waals surface area contributed by atoms with E-state index in [-0.39, 0.29) is 17.1 Å². The number of allylic oxidation sites excluding steroid dienone is 1. The molecule has 0 aliphatic heterocycles. The second-order valence-electron chi connectivity index (χ2n) is 5.54. The topological polar surface area (TPSA) is 137 Å². The van der Waals surface area contributed by atoms with Crippen LogP contribution in [0.25, 0.3) is 6.08 Å². The summed E-state index contributed by atoms with van der Waals surface area (Å²) in [6, 6.07) is 10.4. The van der Waals surface area contributed by atoms with E-state index in [1.807, 2.05) is 0 Å². The average Bonchev–Trinajstić information content (AvgIpc) is 2.66. The number of hydrazone groups is 1. The van der Waals surface area contributed by atoms with Gasteiger partial charge in [0.15, 0.2) is 12.4 Å². The molecular weight excluding hydrogens is 368 g/mol. The van der Waals surface area contributed by atoms with Crippen molar-refractivity contribution in [1.29, 1.82) is 0 Å². The Morgan fingerprint density at radius 3 is 2.68 bits per heavy atom. The highest BCUT2D eigenvalue weighted by atomic mass is 16.6. The van der Waals surface area contributed by atoms with E-state index in [9.17, 15) is 25.0 Å². The number of carbonyl (C=O) groups excluding carboxylic acids is 1. The largest absolute Gasteiger partial charge is 0.477 e. The predicted octanol–water partition coefficient (Wildman–Crippen LogP) is 3.01. The fraction of sp³-hybridized carbons (Fsp3) is 0.111. The van der Waals surface area contributed by atoms with Crippen molar-refractivity contribution in [1.82, 2.24) is 5.43 Å². The Hall–Kier alpha value is -4.08. The maximum absolute atomic E-state index is 11.7. The van der Waals surface area contributed by atoms with Crippen LogP contribution in [0.5, 0.6) is 5.75 Å². The number of hydrogen-bond acceptors (Lipinski definition) is 7. The summed E-state index contributed by atoms with van der Waals surface area (Å²) in [7, 11) is 0. The van der Waals surface area contributed by atoms with Crippen LogP contribution in [0.2, 0.25) is 0 Å². The first-order valence-corrected chi connectivity index (χ1v) is 7.97. The minimum atomic E-state index is -0.602. The van der Waals surface area contributed by atoms with Crippen molar-refractivity contribution in [2.45, 2.75) is 6.92 Å². The third-order valence-electron chi connectivity index (χ3n) is 3.39. The van der Waals surface area contributed by atoms with E-state index >= 15 is 0 Å². The molecule has 10 heteroatoms. The molecule has 0 fully saturated rings. The Bertz CT molecular complexity index is 955. The van der Waals surface area contributed by atoms with Crippen LogP contribution < -0.4 is 10.2 Å². The lowest BCUT2D eigenvalue weighted by Gasteiger charge is -2.06. The minimum Gasteiger partial charge on any atom is -0.477 e. The van der Waals surface area contributed by atoms with Gasteiger partial charge in [-0.15, -0.1) is 0 Å². The Morgan fingerprint density at radius 1 is 1.18 bits per heavy atom. The van der Waals surface area contributed by atoms with E-state index in [0.717, 1.165) is 0 Å². The summed E-state index contributed by atoms with van der Waals surface area (Å²) in [6.45, 7) is 1.26. The van der Waals surface area contributed by atoms with Gasteiger partial charge >= 0.3 is 5.69 Å². The second kappa shape index (κ2) is 9.57. The monoisotopic (exact) mass is 384 g/mol. The molecule has 0 saturated heterocycles. The molecule has 0 atom stereocenters. The van der Waals surface area contributed by atoms with Gasteiger partial charge in [-0.2, -0.15) is 5.10 Å². The number of non-ortho nitro benzene ring substituents is 1. The molecule has 144 valence electrons. The van der Waals surface area contributed by atoms with Crippen LogP contribution in [0.15, 0.2) is 53.6 Å². The molecule has 10 nitrogen and oxygen atoms in total. The van der Waals surface area contributed by atoms with Crippen molar-refractivity contribution in [2.75, 3.05) is 6.61 Å². The van der Waals surface area contributed by atoms with Gasteiger partial charge in [0.05, 0.1) is 9.85 Å². The molecule has 0 aliphatic carbocycles. The maximum Gasteiger partial charge on any atom is 0.311 e. The van der Waals surface area contributed by atoms with Crippen molar-refractivity contribution in [2.24, 2.45) is 5.10 Å². The van der Waals surface area contributed by atoms with E-state index in [4.69, 9.17) is 4.74 Å². The fourth-order valence-corrected chi connectivity index (χ4v) is 2.12. The number of hydrogen-bond donors (Lipinski definition) is 1. The minimum absolute atomic E-state index is 0.0136. The van der Waals surface area contributed by atoms with Gasteiger partial charge in [0.1, 0.15) is 0 Å². The van der Waals surface area contributed by atoms with Crippen LogP contribution >= 0.6 is 0 Å². The van der Waals surface area contributed by atoms with Crippen molar-refractivity contribution >= 4 is 29.6 Å². The normalized spacial score (nSPS) is 10.9. The highest BCUT2D eigenvalue weighted by Gasteiger charge is 2.16. The molecule has 1 N–H and O–H groups in total. The molecule has 0 radical (unpaired) electrons. The Morgan fingerprint density at radius 2 is 1.96 bits per heavy atom. The number of rotatable bonds is 8. The lowest BCUT2D eigenvalue weighted by atomic mass is 10.2. The Labute approximate surface area is 159 Å². The van der Waals surface area contributed by atoms with Crippen molar-refractivity contribution in [3.8, 4) is 5.75 Å². The zero-order valence-electron chi connectivity index (χ0n) is 14.8. The molecule has 2 aromatic rings. The number of nitrogens with one attached hydrogen (secondary N) is 1. The molecule has 0 aromatic heterocycles. The highest BCUT2D eigenvalue weighted by Crippen LogP contribution is 2.27. The Balaban J connectivity index is 1.85. The number of amides is 1. The first kappa shape index (κ1) is 20.2. The molecule has 1 amide bonds. The molecular formula is C18H16N4O6. The summed E-state index contributed by atoms with van der Waals surface area (Å²) in [4.78, 5) is 32.3. The quantitative estimate of drug-likeness (QED) is 0.422. The molecule has 28 heavy (non-hydrogen) atoms. The van der Waals surface area contributed by atoms with Crippen LogP contribution in [0, 0.1) is 27.2 Å². The van der Waals surface area contributed by atoms with Gasteiger partial charge in [-0.3, -0.25) is 25.0 Å². The third kappa shape index (κ3) is 6.02.